The third-order valence-electron chi connectivity index (χ3n) is 2.14. The minimum atomic E-state index is -0.949. The van der Waals surface area contributed by atoms with Gasteiger partial charge in [0.1, 0.15) is 0 Å². The topological polar surface area (TPSA) is 95.6 Å². The van der Waals surface area contributed by atoms with Crippen molar-refractivity contribution in [2.45, 2.75) is 44.7 Å². The van der Waals surface area contributed by atoms with E-state index >= 15 is 0 Å². The van der Waals surface area contributed by atoms with E-state index in [-0.39, 0.29) is 24.7 Å². The average molecular weight is 218 g/mol. The fraction of sp³-hybridized carbons (Fsp3) is 0.900. The van der Waals surface area contributed by atoms with Crippen LogP contribution in [0.1, 0.15) is 33.6 Å². The lowest BCUT2D eigenvalue weighted by Crippen LogP contribution is -2.52. The van der Waals surface area contributed by atoms with E-state index in [9.17, 15) is 4.79 Å². The van der Waals surface area contributed by atoms with Crippen molar-refractivity contribution in [1.82, 2.24) is 5.32 Å². The van der Waals surface area contributed by atoms with Gasteiger partial charge in [0.15, 0.2) is 0 Å². The molecule has 0 atom stereocenters. The van der Waals surface area contributed by atoms with E-state index in [2.05, 4.69) is 5.32 Å². The van der Waals surface area contributed by atoms with Crippen molar-refractivity contribution < 1.29 is 15.0 Å². The lowest BCUT2D eigenvalue weighted by molar-refractivity contribution is -0.124. The molecule has 0 aromatic carbocycles. The highest BCUT2D eigenvalue weighted by atomic mass is 16.3. The molecule has 0 aliphatic carbocycles. The summed E-state index contributed by atoms with van der Waals surface area (Å²) in [5.74, 6) is -0.209. The number of aliphatic hydroxyl groups excluding tert-OH is 2. The third-order valence-corrected chi connectivity index (χ3v) is 2.14. The zero-order valence-corrected chi connectivity index (χ0v) is 9.71. The van der Waals surface area contributed by atoms with Crippen LogP contribution in [0.4, 0.5) is 0 Å². The van der Waals surface area contributed by atoms with Gasteiger partial charge in [-0.1, -0.05) is 0 Å². The highest BCUT2D eigenvalue weighted by Crippen LogP contribution is 2.08. The van der Waals surface area contributed by atoms with Crippen LogP contribution in [-0.4, -0.2) is 40.4 Å². The van der Waals surface area contributed by atoms with Crippen LogP contribution in [0.25, 0.3) is 0 Å². The summed E-state index contributed by atoms with van der Waals surface area (Å²) in [7, 11) is 0. The molecule has 0 aromatic rings. The molecule has 1 amide bonds. The first-order chi connectivity index (χ1) is 6.72. The van der Waals surface area contributed by atoms with Crippen LogP contribution in [0, 0.1) is 0 Å². The van der Waals surface area contributed by atoms with Gasteiger partial charge >= 0.3 is 0 Å². The van der Waals surface area contributed by atoms with Gasteiger partial charge in [-0.25, -0.2) is 0 Å². The summed E-state index contributed by atoms with van der Waals surface area (Å²) >= 11 is 0. The number of amides is 1. The predicted molar refractivity (Wildman–Crippen MR) is 58.2 cm³/mol. The van der Waals surface area contributed by atoms with Gasteiger partial charge < -0.3 is 21.3 Å². The van der Waals surface area contributed by atoms with E-state index in [4.69, 9.17) is 15.9 Å². The first-order valence-electron chi connectivity index (χ1n) is 5.04. The van der Waals surface area contributed by atoms with Crippen LogP contribution in [0.3, 0.4) is 0 Å². The number of hydrogen-bond donors (Lipinski definition) is 4. The van der Waals surface area contributed by atoms with Gasteiger partial charge in [0.05, 0.1) is 18.8 Å². The molecular weight excluding hydrogens is 196 g/mol. The molecule has 5 N–H and O–H groups in total. The van der Waals surface area contributed by atoms with Crippen LogP contribution in [-0.2, 0) is 4.79 Å². The lowest BCUT2D eigenvalue weighted by Gasteiger charge is -2.27. The molecule has 90 valence electrons. The monoisotopic (exact) mass is 218 g/mol. The van der Waals surface area contributed by atoms with Crippen LogP contribution < -0.4 is 11.1 Å². The quantitative estimate of drug-likeness (QED) is 0.477. The van der Waals surface area contributed by atoms with Gasteiger partial charge in [-0.3, -0.25) is 4.79 Å². The minimum Gasteiger partial charge on any atom is -0.394 e. The van der Waals surface area contributed by atoms with Crippen LogP contribution >= 0.6 is 0 Å². The number of nitrogens with one attached hydrogen (secondary N) is 1. The highest BCUT2D eigenvalue weighted by molar-refractivity contribution is 5.76. The van der Waals surface area contributed by atoms with E-state index in [1.165, 1.54) is 0 Å². The maximum Gasteiger partial charge on any atom is 0.220 e. The van der Waals surface area contributed by atoms with Crippen molar-refractivity contribution in [3.63, 3.8) is 0 Å². The maximum absolute atomic E-state index is 11.4. The molecule has 0 aliphatic rings. The van der Waals surface area contributed by atoms with Gasteiger partial charge in [-0.05, 0) is 27.2 Å². The molecule has 0 unspecified atom stereocenters. The summed E-state index contributed by atoms with van der Waals surface area (Å²) in [5.41, 5.74) is 4.40. The molecular formula is C10H22N2O3. The molecule has 5 nitrogen and oxygen atoms in total. The smallest absolute Gasteiger partial charge is 0.220 e. The molecule has 0 radical (unpaired) electrons. The van der Waals surface area contributed by atoms with Crippen molar-refractivity contribution in [3.8, 4) is 0 Å². The molecule has 0 rings (SSSR count). The molecule has 0 saturated heterocycles. The molecule has 0 spiro atoms. The van der Waals surface area contributed by atoms with Crippen molar-refractivity contribution in [1.29, 1.82) is 0 Å². The molecule has 5 heteroatoms. The van der Waals surface area contributed by atoms with Gasteiger partial charge in [-0.15, -0.1) is 0 Å². The van der Waals surface area contributed by atoms with Crippen molar-refractivity contribution >= 4 is 5.91 Å². The first-order valence-corrected chi connectivity index (χ1v) is 5.04. The molecule has 0 aromatic heterocycles. The Kier molecular flexibility index (Phi) is 5.20. The average Bonchev–Trinajstić information content (AvgIpc) is 2.13. The second kappa shape index (κ2) is 5.44. The SMILES string of the molecule is CC(C)(N)CCC(=O)NC(C)(CO)CO. The number of aliphatic hydroxyl groups is 2. The third kappa shape index (κ3) is 6.43. The molecule has 0 bridgehead atoms. The predicted octanol–water partition coefficient (Wildman–Crippen LogP) is -0.637. The van der Waals surface area contributed by atoms with E-state index in [0.717, 1.165) is 0 Å². The minimum absolute atomic E-state index is 0.209. The van der Waals surface area contributed by atoms with Gasteiger partial charge in [0.2, 0.25) is 5.91 Å². The second-order valence-corrected chi connectivity index (χ2v) is 4.91. The number of nitrogens with two attached hydrogens (primary N) is 1. The first kappa shape index (κ1) is 14.3. The fourth-order valence-electron chi connectivity index (χ4n) is 0.964. The summed E-state index contributed by atoms with van der Waals surface area (Å²) in [5, 5.41) is 20.5. The Hall–Kier alpha value is -0.650. The summed E-state index contributed by atoms with van der Waals surface area (Å²) < 4.78 is 0. The second-order valence-electron chi connectivity index (χ2n) is 4.91. The lowest BCUT2D eigenvalue weighted by atomic mass is 9.99. The van der Waals surface area contributed by atoms with Crippen LogP contribution in [0.5, 0.6) is 0 Å². The Morgan fingerprint density at radius 3 is 2.07 bits per heavy atom. The number of carbonyl (C=O) groups is 1. The standard InChI is InChI=1S/C10H22N2O3/c1-9(2,11)5-4-8(15)12-10(3,6-13)7-14/h13-14H,4-7,11H2,1-3H3,(H,12,15). The normalized spacial score (nSPS) is 12.7. The van der Waals surface area contributed by atoms with Crippen molar-refractivity contribution in [3.05, 3.63) is 0 Å². The van der Waals surface area contributed by atoms with Crippen molar-refractivity contribution in [2.24, 2.45) is 5.73 Å². The molecule has 15 heavy (non-hydrogen) atoms. The highest BCUT2D eigenvalue weighted by Gasteiger charge is 2.25. The fourth-order valence-corrected chi connectivity index (χ4v) is 0.964. The molecule has 0 aliphatic heterocycles. The van der Waals surface area contributed by atoms with E-state index < -0.39 is 5.54 Å². The van der Waals surface area contributed by atoms with Gasteiger partial charge in [0, 0.05) is 12.0 Å². The number of rotatable bonds is 6. The molecule has 0 heterocycles. The number of hydrogen-bond acceptors (Lipinski definition) is 4. The Morgan fingerprint density at radius 1 is 1.27 bits per heavy atom. The Labute approximate surface area is 90.7 Å². The van der Waals surface area contributed by atoms with E-state index in [0.29, 0.717) is 12.8 Å². The summed E-state index contributed by atoms with van der Waals surface area (Å²) in [6.07, 6.45) is 0.852. The van der Waals surface area contributed by atoms with Gasteiger partial charge in [0.25, 0.3) is 0 Å². The van der Waals surface area contributed by atoms with Crippen LogP contribution in [0.2, 0.25) is 0 Å². The van der Waals surface area contributed by atoms with Crippen molar-refractivity contribution in [2.75, 3.05) is 13.2 Å². The van der Waals surface area contributed by atoms with E-state index in [1.807, 2.05) is 13.8 Å². The van der Waals surface area contributed by atoms with Crippen LogP contribution in [0.15, 0.2) is 0 Å². The zero-order valence-electron chi connectivity index (χ0n) is 9.71. The molecule has 0 saturated carbocycles. The number of carbonyl (C=O) groups excluding carboxylic acids is 1. The summed E-state index contributed by atoms with van der Waals surface area (Å²) in [4.78, 5) is 11.4. The van der Waals surface area contributed by atoms with E-state index in [1.54, 1.807) is 6.92 Å². The zero-order chi connectivity index (χ0) is 12.1. The molecule has 0 fully saturated rings. The maximum atomic E-state index is 11.4. The Bertz CT molecular complexity index is 207. The largest absolute Gasteiger partial charge is 0.394 e. The Morgan fingerprint density at radius 2 is 1.73 bits per heavy atom. The Balaban J connectivity index is 4.04. The summed E-state index contributed by atoms with van der Waals surface area (Å²) in [6.45, 7) is 4.69. The summed E-state index contributed by atoms with van der Waals surface area (Å²) in [6, 6.07) is 0. The van der Waals surface area contributed by atoms with Gasteiger partial charge in [-0.2, -0.15) is 0 Å².